The van der Waals surface area contributed by atoms with Gasteiger partial charge in [-0.05, 0) is 51.4 Å². The molecule has 6 nitrogen and oxygen atoms in total. The Bertz CT molecular complexity index is 835. The summed E-state index contributed by atoms with van der Waals surface area (Å²) in [4.78, 5) is 37.5. The molecule has 0 spiro atoms. The molecule has 298 valence electrons. The van der Waals surface area contributed by atoms with Crippen molar-refractivity contribution in [2.45, 2.75) is 232 Å². The monoisotopic (exact) mass is 719 g/mol. The number of hydrogen-bond donors (Lipinski definition) is 0. The Morgan fingerprint density at radius 3 is 1.12 bits per heavy atom. The Balaban J connectivity index is 4.25. The molecule has 0 aromatic carbocycles. The number of hydrogen-bond acceptors (Lipinski definition) is 6. The number of carbonyl (C=O) groups excluding carboxylic acids is 3. The molecular weight excluding hydrogens is 636 g/mol. The van der Waals surface area contributed by atoms with E-state index in [1.807, 2.05) is 0 Å². The van der Waals surface area contributed by atoms with Crippen molar-refractivity contribution >= 4 is 17.9 Å². The van der Waals surface area contributed by atoms with Gasteiger partial charge < -0.3 is 14.2 Å². The second kappa shape index (κ2) is 40.7. The normalized spacial score (nSPS) is 12.1. The van der Waals surface area contributed by atoms with E-state index in [1.165, 1.54) is 116 Å². The Kier molecular flexibility index (Phi) is 39.0. The molecule has 0 radical (unpaired) electrons. The molecule has 1 atom stereocenters. The number of ether oxygens (including phenoxy) is 3. The highest BCUT2D eigenvalue weighted by atomic mass is 16.6. The van der Waals surface area contributed by atoms with Gasteiger partial charge in [0, 0.05) is 19.3 Å². The Morgan fingerprint density at radius 1 is 0.392 bits per heavy atom. The summed E-state index contributed by atoms with van der Waals surface area (Å²) in [7, 11) is 0. The summed E-state index contributed by atoms with van der Waals surface area (Å²) < 4.78 is 16.6. The van der Waals surface area contributed by atoms with Crippen molar-refractivity contribution in [3.63, 3.8) is 0 Å². The van der Waals surface area contributed by atoms with Crippen LogP contribution in [0.2, 0.25) is 0 Å². The minimum atomic E-state index is -0.764. The molecule has 0 saturated heterocycles. The minimum absolute atomic E-state index is 0.0712. The summed E-state index contributed by atoms with van der Waals surface area (Å²) in [6, 6.07) is 0. The first-order valence-corrected chi connectivity index (χ1v) is 21.8. The van der Waals surface area contributed by atoms with Crippen molar-refractivity contribution in [1.29, 1.82) is 0 Å². The first kappa shape index (κ1) is 48.9. The van der Waals surface area contributed by atoms with Crippen LogP contribution in [0.4, 0.5) is 0 Å². The molecule has 0 bridgehead atoms. The highest BCUT2D eigenvalue weighted by Gasteiger charge is 2.19. The molecule has 0 saturated carbocycles. The standard InChI is InChI=1S/C45H82O6/c1-4-7-10-13-16-19-20-21-22-23-24-25-26-27-30-32-35-38-44(47)50-41-42(51-45(48)39-36-33-29-18-15-12-9-6-3)40-49-43(46)37-34-31-28-17-14-11-8-5-2/h16,19,21-22,42H,4-15,17-18,20,23-41H2,1-3H3/b19-16-,22-21-. The molecule has 0 rings (SSSR count). The van der Waals surface area contributed by atoms with E-state index in [2.05, 4.69) is 45.1 Å². The third-order valence-corrected chi connectivity index (χ3v) is 9.46. The molecule has 0 aliphatic rings. The van der Waals surface area contributed by atoms with E-state index in [-0.39, 0.29) is 31.1 Å². The Hall–Kier alpha value is -2.11. The fourth-order valence-electron chi connectivity index (χ4n) is 6.12. The molecule has 0 heterocycles. The summed E-state index contributed by atoms with van der Waals surface area (Å²) in [6.45, 7) is 6.54. The molecule has 6 heteroatoms. The maximum absolute atomic E-state index is 12.6. The molecule has 0 fully saturated rings. The summed E-state index contributed by atoms with van der Waals surface area (Å²) in [5.74, 6) is -0.886. The number of rotatable bonds is 39. The van der Waals surface area contributed by atoms with Gasteiger partial charge >= 0.3 is 17.9 Å². The topological polar surface area (TPSA) is 78.9 Å². The zero-order chi connectivity index (χ0) is 37.3. The van der Waals surface area contributed by atoms with Crippen LogP contribution in [0.3, 0.4) is 0 Å². The molecular formula is C45H82O6. The van der Waals surface area contributed by atoms with Crippen molar-refractivity contribution in [2.75, 3.05) is 13.2 Å². The molecule has 1 unspecified atom stereocenters. The number of esters is 3. The molecule has 0 aromatic rings. The molecule has 0 amide bonds. The predicted molar refractivity (Wildman–Crippen MR) is 215 cm³/mol. The second-order valence-corrected chi connectivity index (χ2v) is 14.6. The lowest BCUT2D eigenvalue weighted by Crippen LogP contribution is -2.30. The van der Waals surface area contributed by atoms with Crippen LogP contribution in [-0.2, 0) is 28.6 Å². The average Bonchev–Trinajstić information content (AvgIpc) is 3.12. The highest BCUT2D eigenvalue weighted by molar-refractivity contribution is 5.71. The van der Waals surface area contributed by atoms with Gasteiger partial charge in [-0.25, -0.2) is 0 Å². The zero-order valence-electron chi connectivity index (χ0n) is 33.9. The van der Waals surface area contributed by atoms with Crippen LogP contribution in [0.1, 0.15) is 226 Å². The average molecular weight is 719 g/mol. The summed E-state index contributed by atoms with van der Waals surface area (Å²) in [5, 5.41) is 0. The van der Waals surface area contributed by atoms with E-state index < -0.39 is 6.10 Å². The number of allylic oxidation sites excluding steroid dienone is 4. The van der Waals surface area contributed by atoms with Gasteiger partial charge in [0.05, 0.1) is 0 Å². The van der Waals surface area contributed by atoms with Crippen LogP contribution in [0, 0.1) is 0 Å². The van der Waals surface area contributed by atoms with Crippen molar-refractivity contribution < 1.29 is 28.6 Å². The second-order valence-electron chi connectivity index (χ2n) is 14.6. The van der Waals surface area contributed by atoms with E-state index in [0.29, 0.717) is 19.3 Å². The van der Waals surface area contributed by atoms with E-state index >= 15 is 0 Å². The fraction of sp³-hybridized carbons (Fsp3) is 0.844. The van der Waals surface area contributed by atoms with Crippen LogP contribution >= 0.6 is 0 Å². The lowest BCUT2D eigenvalue weighted by atomic mass is 10.1. The van der Waals surface area contributed by atoms with Crippen LogP contribution < -0.4 is 0 Å². The first-order chi connectivity index (χ1) is 25.0. The molecule has 0 aliphatic heterocycles. The van der Waals surface area contributed by atoms with Crippen LogP contribution in [-0.4, -0.2) is 37.2 Å². The third-order valence-electron chi connectivity index (χ3n) is 9.46. The van der Waals surface area contributed by atoms with Gasteiger partial charge in [0.1, 0.15) is 13.2 Å². The first-order valence-electron chi connectivity index (χ1n) is 21.8. The van der Waals surface area contributed by atoms with Crippen molar-refractivity contribution in [3.8, 4) is 0 Å². The van der Waals surface area contributed by atoms with Gasteiger partial charge in [-0.1, -0.05) is 180 Å². The lowest BCUT2D eigenvalue weighted by molar-refractivity contribution is -0.167. The highest BCUT2D eigenvalue weighted by Crippen LogP contribution is 2.14. The smallest absolute Gasteiger partial charge is 0.306 e. The van der Waals surface area contributed by atoms with E-state index in [9.17, 15) is 14.4 Å². The van der Waals surface area contributed by atoms with Gasteiger partial charge in [-0.15, -0.1) is 0 Å². The van der Waals surface area contributed by atoms with Crippen molar-refractivity contribution in [2.24, 2.45) is 0 Å². The van der Waals surface area contributed by atoms with Gasteiger partial charge in [0.25, 0.3) is 0 Å². The number of unbranched alkanes of at least 4 members (excludes halogenated alkanes) is 24. The molecule has 0 N–H and O–H groups in total. The van der Waals surface area contributed by atoms with Gasteiger partial charge in [-0.3, -0.25) is 14.4 Å². The fourth-order valence-corrected chi connectivity index (χ4v) is 6.12. The molecule has 0 aliphatic carbocycles. The van der Waals surface area contributed by atoms with Crippen molar-refractivity contribution in [1.82, 2.24) is 0 Å². The maximum Gasteiger partial charge on any atom is 0.306 e. The van der Waals surface area contributed by atoms with Gasteiger partial charge in [0.2, 0.25) is 0 Å². The summed E-state index contributed by atoms with van der Waals surface area (Å²) >= 11 is 0. The summed E-state index contributed by atoms with van der Waals surface area (Å²) in [5.41, 5.74) is 0. The van der Waals surface area contributed by atoms with Gasteiger partial charge in [-0.2, -0.15) is 0 Å². The molecule has 51 heavy (non-hydrogen) atoms. The lowest BCUT2D eigenvalue weighted by Gasteiger charge is -2.18. The van der Waals surface area contributed by atoms with Crippen LogP contribution in [0.25, 0.3) is 0 Å². The van der Waals surface area contributed by atoms with Gasteiger partial charge in [0.15, 0.2) is 6.10 Å². The third kappa shape index (κ3) is 38.9. The Morgan fingerprint density at radius 2 is 0.706 bits per heavy atom. The van der Waals surface area contributed by atoms with E-state index in [1.54, 1.807) is 0 Å². The largest absolute Gasteiger partial charge is 0.462 e. The quantitative estimate of drug-likeness (QED) is 0.0272. The van der Waals surface area contributed by atoms with E-state index in [4.69, 9.17) is 14.2 Å². The maximum atomic E-state index is 12.6. The number of carbonyl (C=O) groups is 3. The molecule has 0 aromatic heterocycles. The van der Waals surface area contributed by atoms with Crippen LogP contribution in [0.15, 0.2) is 24.3 Å². The Labute approximate surface area is 315 Å². The summed E-state index contributed by atoms with van der Waals surface area (Å²) in [6.07, 6.45) is 43.1. The SMILES string of the molecule is CCCCC/C=C\C/C=C\CCCCCCCCCC(=O)OCC(COC(=O)CCCCCCCCCC)OC(=O)CCCCCCCCCC. The minimum Gasteiger partial charge on any atom is -0.462 e. The predicted octanol–water partition coefficient (Wildman–Crippen LogP) is 13.6. The zero-order valence-corrected chi connectivity index (χ0v) is 33.9. The van der Waals surface area contributed by atoms with E-state index in [0.717, 1.165) is 70.6 Å². The van der Waals surface area contributed by atoms with Crippen LogP contribution in [0.5, 0.6) is 0 Å². The van der Waals surface area contributed by atoms with Crippen molar-refractivity contribution in [3.05, 3.63) is 24.3 Å².